The second kappa shape index (κ2) is 7.56. The van der Waals surface area contributed by atoms with E-state index in [2.05, 4.69) is 10.5 Å². The second-order valence-corrected chi connectivity index (χ2v) is 6.44. The molecule has 4 rings (SSSR count). The lowest BCUT2D eigenvalue weighted by molar-refractivity contribution is -0.148. The quantitative estimate of drug-likeness (QED) is 0.516. The zero-order chi connectivity index (χ0) is 19.5. The first-order valence-electron chi connectivity index (χ1n) is 8.87. The molecule has 1 N–H and O–H groups in total. The van der Waals surface area contributed by atoms with E-state index in [-0.39, 0.29) is 19.1 Å². The van der Waals surface area contributed by atoms with Gasteiger partial charge in [0.25, 0.3) is 5.91 Å². The zero-order valence-electron chi connectivity index (χ0n) is 15.2. The van der Waals surface area contributed by atoms with Crippen molar-refractivity contribution < 1.29 is 23.3 Å². The molecule has 1 amide bonds. The van der Waals surface area contributed by atoms with Crippen LogP contribution < -0.4 is 5.32 Å². The third-order valence-electron chi connectivity index (χ3n) is 4.38. The summed E-state index contributed by atoms with van der Waals surface area (Å²) < 4.78 is 15.9. The molecular weight excluding hydrogens is 360 g/mol. The number of furan rings is 1. The molecule has 0 radical (unpaired) electrons. The number of para-hydroxylation sites is 2. The van der Waals surface area contributed by atoms with E-state index in [1.54, 1.807) is 13.0 Å². The Labute approximate surface area is 160 Å². The highest BCUT2D eigenvalue weighted by atomic mass is 16.5. The maximum atomic E-state index is 12.1. The Morgan fingerprint density at radius 2 is 1.86 bits per heavy atom. The van der Waals surface area contributed by atoms with Gasteiger partial charge >= 0.3 is 5.97 Å². The van der Waals surface area contributed by atoms with Crippen LogP contribution in [0.2, 0.25) is 0 Å². The minimum Gasteiger partial charge on any atom is -0.459 e. The van der Waals surface area contributed by atoms with E-state index in [0.29, 0.717) is 17.0 Å². The number of carbonyl (C=O) groups is 2. The molecule has 0 aliphatic heterocycles. The first-order chi connectivity index (χ1) is 13.6. The summed E-state index contributed by atoms with van der Waals surface area (Å²) in [5, 5.41) is 8.35. The number of hydrogen-bond acceptors (Lipinski definition) is 6. The maximum absolute atomic E-state index is 12.1. The van der Waals surface area contributed by atoms with Crippen LogP contribution in [0.5, 0.6) is 0 Å². The number of esters is 1. The van der Waals surface area contributed by atoms with Gasteiger partial charge in [0.15, 0.2) is 12.2 Å². The van der Waals surface area contributed by atoms with E-state index >= 15 is 0 Å². The van der Waals surface area contributed by atoms with Crippen molar-refractivity contribution in [2.75, 3.05) is 6.61 Å². The van der Waals surface area contributed by atoms with Crippen LogP contribution >= 0.6 is 0 Å². The van der Waals surface area contributed by atoms with Gasteiger partial charge < -0.3 is 19.0 Å². The largest absolute Gasteiger partial charge is 0.459 e. The van der Waals surface area contributed by atoms with E-state index in [1.807, 2.05) is 48.5 Å². The molecule has 0 aliphatic rings. The average Bonchev–Trinajstić information content (AvgIpc) is 3.31. The van der Waals surface area contributed by atoms with Gasteiger partial charge in [-0.1, -0.05) is 35.5 Å². The van der Waals surface area contributed by atoms with Crippen LogP contribution in [0.3, 0.4) is 0 Å². The number of nitrogens with one attached hydrogen (secondary N) is 1. The molecule has 1 atom stereocenters. The lowest BCUT2D eigenvalue weighted by Crippen LogP contribution is -2.31. The molecule has 0 aliphatic carbocycles. The molecule has 2 heterocycles. The summed E-state index contributed by atoms with van der Waals surface area (Å²) in [5.74, 6) is -0.327. The maximum Gasteiger partial charge on any atom is 0.312 e. The van der Waals surface area contributed by atoms with Gasteiger partial charge in [0.05, 0.1) is 12.5 Å². The third-order valence-corrected chi connectivity index (χ3v) is 4.38. The highest BCUT2D eigenvalue weighted by Gasteiger charge is 2.17. The molecule has 0 spiro atoms. The monoisotopic (exact) mass is 378 g/mol. The van der Waals surface area contributed by atoms with E-state index in [1.165, 1.54) is 0 Å². The molecule has 142 valence electrons. The number of benzene rings is 2. The van der Waals surface area contributed by atoms with E-state index in [9.17, 15) is 9.59 Å². The number of amides is 1. The van der Waals surface area contributed by atoms with Gasteiger partial charge in [-0.25, -0.2) is 0 Å². The van der Waals surface area contributed by atoms with Crippen molar-refractivity contribution >= 4 is 33.8 Å². The van der Waals surface area contributed by atoms with Gasteiger partial charge in [-0.15, -0.1) is 0 Å². The van der Waals surface area contributed by atoms with Crippen LogP contribution in [-0.2, 0) is 20.7 Å². The Hall–Kier alpha value is -3.61. The first-order valence-corrected chi connectivity index (χ1v) is 8.87. The molecule has 0 unspecified atom stereocenters. The Balaban J connectivity index is 1.30. The summed E-state index contributed by atoms with van der Waals surface area (Å²) in [6, 6.07) is 16.4. The van der Waals surface area contributed by atoms with Crippen LogP contribution in [0, 0.1) is 0 Å². The molecule has 0 saturated carbocycles. The highest BCUT2D eigenvalue weighted by Crippen LogP contribution is 2.23. The third kappa shape index (κ3) is 3.73. The minimum absolute atomic E-state index is 0.0661. The Kier molecular flexibility index (Phi) is 4.80. The highest BCUT2D eigenvalue weighted by molar-refractivity contribution is 5.86. The fourth-order valence-electron chi connectivity index (χ4n) is 2.97. The van der Waals surface area contributed by atoms with Gasteiger partial charge in [-0.3, -0.25) is 9.59 Å². The Morgan fingerprint density at radius 3 is 2.68 bits per heavy atom. The number of fused-ring (bicyclic) bond motifs is 2. The molecular formula is C21H18N2O5. The molecule has 2 aromatic carbocycles. The van der Waals surface area contributed by atoms with Crippen molar-refractivity contribution in [2.24, 2.45) is 0 Å². The van der Waals surface area contributed by atoms with Gasteiger partial charge in [-0.2, -0.15) is 0 Å². The van der Waals surface area contributed by atoms with E-state index in [4.69, 9.17) is 13.7 Å². The summed E-state index contributed by atoms with van der Waals surface area (Å²) in [6.45, 7) is 1.43. The SMILES string of the molecule is C[C@H](NC(=O)COC(=O)Cc1noc2ccccc12)c1cc2ccccc2o1. The van der Waals surface area contributed by atoms with Gasteiger partial charge in [0.1, 0.15) is 17.0 Å². The minimum atomic E-state index is -0.550. The van der Waals surface area contributed by atoms with Crippen LogP contribution in [0.4, 0.5) is 0 Å². The van der Waals surface area contributed by atoms with Crippen molar-refractivity contribution in [1.29, 1.82) is 0 Å². The van der Waals surface area contributed by atoms with Crippen molar-refractivity contribution in [3.63, 3.8) is 0 Å². The van der Waals surface area contributed by atoms with Gasteiger partial charge in [0, 0.05) is 10.8 Å². The Morgan fingerprint density at radius 1 is 1.11 bits per heavy atom. The predicted octanol–water partition coefficient (Wildman–Crippen LogP) is 3.54. The van der Waals surface area contributed by atoms with Gasteiger partial charge in [-0.05, 0) is 31.2 Å². The molecule has 7 heteroatoms. The molecule has 7 nitrogen and oxygen atoms in total. The van der Waals surface area contributed by atoms with Crippen molar-refractivity contribution in [2.45, 2.75) is 19.4 Å². The van der Waals surface area contributed by atoms with E-state index < -0.39 is 11.9 Å². The second-order valence-electron chi connectivity index (χ2n) is 6.44. The average molecular weight is 378 g/mol. The summed E-state index contributed by atoms with van der Waals surface area (Å²) in [7, 11) is 0. The van der Waals surface area contributed by atoms with Crippen LogP contribution in [0.15, 0.2) is 63.5 Å². The predicted molar refractivity (Wildman–Crippen MR) is 101 cm³/mol. The smallest absolute Gasteiger partial charge is 0.312 e. The summed E-state index contributed by atoms with van der Waals surface area (Å²) in [4.78, 5) is 24.1. The molecule has 4 aromatic rings. The fourth-order valence-corrected chi connectivity index (χ4v) is 2.97. The number of nitrogens with zero attached hydrogens (tertiary/aromatic N) is 1. The normalized spacial score (nSPS) is 12.2. The molecule has 0 fully saturated rings. The number of rotatable bonds is 6. The van der Waals surface area contributed by atoms with Crippen molar-refractivity contribution in [3.05, 3.63) is 66.1 Å². The van der Waals surface area contributed by atoms with Crippen LogP contribution in [0.1, 0.15) is 24.4 Å². The number of aromatic nitrogens is 1. The van der Waals surface area contributed by atoms with Crippen molar-refractivity contribution in [1.82, 2.24) is 10.5 Å². The number of hydrogen-bond donors (Lipinski definition) is 1. The number of ether oxygens (including phenoxy) is 1. The lowest BCUT2D eigenvalue weighted by atomic mass is 10.2. The lowest BCUT2D eigenvalue weighted by Gasteiger charge is -2.11. The number of carbonyl (C=O) groups excluding carboxylic acids is 2. The van der Waals surface area contributed by atoms with Gasteiger partial charge in [0.2, 0.25) is 0 Å². The summed E-state index contributed by atoms with van der Waals surface area (Å²) in [5.41, 5.74) is 1.84. The van der Waals surface area contributed by atoms with Crippen molar-refractivity contribution in [3.8, 4) is 0 Å². The van der Waals surface area contributed by atoms with E-state index in [0.717, 1.165) is 16.4 Å². The topological polar surface area (TPSA) is 94.6 Å². The van der Waals surface area contributed by atoms with Crippen LogP contribution in [-0.4, -0.2) is 23.6 Å². The summed E-state index contributed by atoms with van der Waals surface area (Å²) >= 11 is 0. The molecule has 2 aromatic heterocycles. The standard InChI is InChI=1S/C21H18N2O5/c1-13(19-10-14-6-2-4-8-17(14)27-19)22-20(24)12-26-21(25)11-16-15-7-3-5-9-18(15)28-23-16/h2-10,13H,11-12H2,1H3,(H,22,24)/t13-/m0/s1. The fraction of sp³-hybridized carbons (Fsp3) is 0.190. The molecule has 28 heavy (non-hydrogen) atoms. The first kappa shape index (κ1) is 17.8. The Bertz CT molecular complexity index is 1110. The van der Waals surface area contributed by atoms with Crippen LogP contribution in [0.25, 0.3) is 21.9 Å². The molecule has 0 bridgehead atoms. The molecule has 0 saturated heterocycles. The summed E-state index contributed by atoms with van der Waals surface area (Å²) in [6.07, 6.45) is -0.0661. The zero-order valence-corrected chi connectivity index (χ0v) is 15.2.